The van der Waals surface area contributed by atoms with Gasteiger partial charge in [0.05, 0.1) is 23.5 Å². The number of anilines is 1. The molecule has 1 aromatic carbocycles. The van der Waals surface area contributed by atoms with Crippen molar-refractivity contribution in [2.24, 2.45) is 0 Å². The molecule has 0 saturated carbocycles. The number of pyridine rings is 1. The molecule has 5 heteroatoms. The highest BCUT2D eigenvalue weighted by molar-refractivity contribution is 7.99. The van der Waals surface area contributed by atoms with Gasteiger partial charge in [0.2, 0.25) is 0 Å². The van der Waals surface area contributed by atoms with Crippen LogP contribution in [0.25, 0.3) is 0 Å². The van der Waals surface area contributed by atoms with Crippen LogP contribution in [0.1, 0.15) is 12.8 Å². The number of nitrogens with two attached hydrogens (primary N) is 1. The summed E-state index contributed by atoms with van der Waals surface area (Å²) in [7, 11) is 0. The zero-order chi connectivity index (χ0) is 14.2. The lowest BCUT2D eigenvalue weighted by Gasteiger charge is -2.06. The molecule has 0 saturated heterocycles. The molecule has 0 aliphatic carbocycles. The SMILES string of the molecule is Nc1ccc(SCCCCOc2ccc(Cl)cc2)nc1. The van der Waals surface area contributed by atoms with E-state index in [0.29, 0.717) is 5.69 Å². The molecule has 20 heavy (non-hydrogen) atoms. The lowest BCUT2D eigenvalue weighted by molar-refractivity contribution is 0.310. The van der Waals surface area contributed by atoms with Gasteiger partial charge in [0.15, 0.2) is 0 Å². The molecule has 3 nitrogen and oxygen atoms in total. The number of hydrogen-bond donors (Lipinski definition) is 1. The Hall–Kier alpha value is -1.39. The molecule has 0 unspecified atom stereocenters. The monoisotopic (exact) mass is 308 g/mol. The van der Waals surface area contributed by atoms with Crippen molar-refractivity contribution in [1.82, 2.24) is 4.98 Å². The number of nitrogens with zero attached hydrogens (tertiary/aromatic N) is 1. The normalized spacial score (nSPS) is 10.4. The Labute approximate surface area is 128 Å². The van der Waals surface area contributed by atoms with Gasteiger partial charge in [-0.25, -0.2) is 4.98 Å². The Kier molecular flexibility index (Phi) is 6.02. The van der Waals surface area contributed by atoms with E-state index in [1.54, 1.807) is 18.0 Å². The fourth-order valence-corrected chi connectivity index (χ4v) is 2.55. The molecule has 106 valence electrons. The van der Waals surface area contributed by atoms with Crippen molar-refractivity contribution in [3.8, 4) is 5.75 Å². The van der Waals surface area contributed by atoms with E-state index in [2.05, 4.69) is 4.98 Å². The van der Waals surface area contributed by atoms with Crippen molar-refractivity contribution in [3.63, 3.8) is 0 Å². The van der Waals surface area contributed by atoms with Crippen LogP contribution in [0.4, 0.5) is 5.69 Å². The summed E-state index contributed by atoms with van der Waals surface area (Å²) in [5.74, 6) is 1.89. The van der Waals surface area contributed by atoms with Gasteiger partial charge in [0.25, 0.3) is 0 Å². The lowest BCUT2D eigenvalue weighted by atomic mass is 10.3. The Bertz CT molecular complexity index is 467. The number of unbranched alkanes of at least 4 members (excludes halogenated alkanes) is 1. The van der Waals surface area contributed by atoms with Crippen molar-refractivity contribution >= 4 is 29.1 Å². The summed E-state index contributed by atoms with van der Waals surface area (Å²) in [6.45, 7) is 0.720. The van der Waals surface area contributed by atoms with Gasteiger partial charge < -0.3 is 10.5 Å². The van der Waals surface area contributed by atoms with E-state index in [0.717, 1.165) is 41.0 Å². The van der Waals surface area contributed by atoms with Gasteiger partial charge in [-0.3, -0.25) is 0 Å². The third-order valence-electron chi connectivity index (χ3n) is 2.63. The Morgan fingerprint density at radius 2 is 1.90 bits per heavy atom. The first-order valence-electron chi connectivity index (χ1n) is 6.47. The highest BCUT2D eigenvalue weighted by atomic mass is 35.5. The van der Waals surface area contributed by atoms with Gasteiger partial charge in [-0.1, -0.05) is 11.6 Å². The third-order valence-corrected chi connectivity index (χ3v) is 3.91. The highest BCUT2D eigenvalue weighted by Gasteiger charge is 1.97. The molecule has 1 heterocycles. The van der Waals surface area contributed by atoms with Gasteiger partial charge in [-0.15, -0.1) is 11.8 Å². The minimum absolute atomic E-state index is 0.700. The van der Waals surface area contributed by atoms with E-state index in [-0.39, 0.29) is 0 Å². The molecule has 2 N–H and O–H groups in total. The van der Waals surface area contributed by atoms with Crippen LogP contribution in [0, 0.1) is 0 Å². The van der Waals surface area contributed by atoms with Crippen LogP contribution in [0.3, 0.4) is 0 Å². The Morgan fingerprint density at radius 1 is 1.10 bits per heavy atom. The second-order valence-corrected chi connectivity index (χ2v) is 5.84. The molecular formula is C15H17ClN2OS. The van der Waals surface area contributed by atoms with Gasteiger partial charge in [-0.05, 0) is 55.0 Å². The molecule has 1 aromatic heterocycles. The maximum atomic E-state index is 5.81. The number of benzene rings is 1. The molecule has 0 amide bonds. The summed E-state index contributed by atoms with van der Waals surface area (Å²) < 4.78 is 5.63. The minimum Gasteiger partial charge on any atom is -0.494 e. The number of aromatic nitrogens is 1. The fourth-order valence-electron chi connectivity index (χ4n) is 1.58. The van der Waals surface area contributed by atoms with E-state index < -0.39 is 0 Å². The average molecular weight is 309 g/mol. The van der Waals surface area contributed by atoms with E-state index in [1.165, 1.54) is 0 Å². The first kappa shape index (κ1) is 15.0. The topological polar surface area (TPSA) is 48.1 Å². The first-order valence-corrected chi connectivity index (χ1v) is 7.83. The van der Waals surface area contributed by atoms with Crippen LogP contribution in [-0.2, 0) is 0 Å². The van der Waals surface area contributed by atoms with E-state index in [4.69, 9.17) is 22.1 Å². The molecule has 0 fully saturated rings. The number of thioether (sulfide) groups is 1. The molecular weight excluding hydrogens is 292 g/mol. The summed E-state index contributed by atoms with van der Waals surface area (Å²) in [4.78, 5) is 4.25. The van der Waals surface area contributed by atoms with Crippen LogP contribution < -0.4 is 10.5 Å². The van der Waals surface area contributed by atoms with Crippen molar-refractivity contribution in [1.29, 1.82) is 0 Å². The van der Waals surface area contributed by atoms with Crippen molar-refractivity contribution in [3.05, 3.63) is 47.6 Å². The van der Waals surface area contributed by atoms with Crippen molar-refractivity contribution in [2.45, 2.75) is 17.9 Å². The van der Waals surface area contributed by atoms with Crippen LogP contribution in [0.5, 0.6) is 5.75 Å². The smallest absolute Gasteiger partial charge is 0.119 e. The Morgan fingerprint density at radius 3 is 2.60 bits per heavy atom. The predicted molar refractivity (Wildman–Crippen MR) is 85.6 cm³/mol. The van der Waals surface area contributed by atoms with Crippen LogP contribution in [-0.4, -0.2) is 17.3 Å². The summed E-state index contributed by atoms with van der Waals surface area (Å²) in [5, 5.41) is 1.74. The third kappa shape index (κ3) is 5.31. The van der Waals surface area contributed by atoms with Crippen molar-refractivity contribution < 1.29 is 4.74 Å². The average Bonchev–Trinajstić information content (AvgIpc) is 2.46. The maximum Gasteiger partial charge on any atom is 0.119 e. The summed E-state index contributed by atoms with van der Waals surface area (Å²) >= 11 is 7.55. The van der Waals surface area contributed by atoms with Crippen LogP contribution >= 0.6 is 23.4 Å². The molecule has 0 radical (unpaired) electrons. The predicted octanol–water partition coefficient (Wildman–Crippen LogP) is 4.27. The number of halogens is 1. The molecule has 2 rings (SSSR count). The van der Waals surface area contributed by atoms with Gasteiger partial charge >= 0.3 is 0 Å². The molecule has 0 spiro atoms. The second-order valence-electron chi connectivity index (χ2n) is 4.29. The molecule has 0 aliphatic heterocycles. The summed E-state index contributed by atoms with van der Waals surface area (Å²) in [6.07, 6.45) is 3.79. The second kappa shape index (κ2) is 8.02. The maximum absolute atomic E-state index is 5.81. The molecule has 0 aliphatic rings. The quantitative estimate of drug-likeness (QED) is 0.613. The van der Waals surface area contributed by atoms with Crippen LogP contribution in [0.15, 0.2) is 47.6 Å². The summed E-state index contributed by atoms with van der Waals surface area (Å²) in [6, 6.07) is 11.3. The van der Waals surface area contributed by atoms with Gasteiger partial charge in [0, 0.05) is 5.02 Å². The van der Waals surface area contributed by atoms with E-state index >= 15 is 0 Å². The number of ether oxygens (including phenoxy) is 1. The summed E-state index contributed by atoms with van der Waals surface area (Å²) in [5.41, 5.74) is 6.29. The van der Waals surface area contributed by atoms with Gasteiger partial charge in [-0.2, -0.15) is 0 Å². The fraction of sp³-hybridized carbons (Fsp3) is 0.267. The van der Waals surface area contributed by atoms with Crippen molar-refractivity contribution in [2.75, 3.05) is 18.1 Å². The van der Waals surface area contributed by atoms with Crippen LogP contribution in [0.2, 0.25) is 5.02 Å². The zero-order valence-corrected chi connectivity index (χ0v) is 12.7. The number of hydrogen-bond acceptors (Lipinski definition) is 4. The van der Waals surface area contributed by atoms with E-state index in [1.807, 2.05) is 36.4 Å². The largest absolute Gasteiger partial charge is 0.494 e. The van der Waals surface area contributed by atoms with E-state index in [9.17, 15) is 0 Å². The lowest BCUT2D eigenvalue weighted by Crippen LogP contribution is -1.97. The zero-order valence-electron chi connectivity index (χ0n) is 11.1. The Balaban J connectivity index is 1.57. The highest BCUT2D eigenvalue weighted by Crippen LogP contribution is 2.18. The molecule has 0 atom stereocenters. The minimum atomic E-state index is 0.700. The number of nitrogen functional groups attached to an aromatic ring is 1. The molecule has 0 bridgehead atoms. The first-order chi connectivity index (χ1) is 9.74. The standard InChI is InChI=1S/C15H17ClN2OS/c16-12-3-6-14(7-4-12)19-9-1-2-10-20-15-8-5-13(17)11-18-15/h3-8,11H,1-2,9-10,17H2. The van der Waals surface area contributed by atoms with Gasteiger partial charge in [0.1, 0.15) is 5.75 Å². The number of rotatable bonds is 7. The molecule has 2 aromatic rings.